The first kappa shape index (κ1) is 52.6. The van der Waals surface area contributed by atoms with Crippen LogP contribution in [0.25, 0.3) is 0 Å². The molecular weight excluding hydrogens is 151 g/mol. The summed E-state index contributed by atoms with van der Waals surface area (Å²) in [4.78, 5) is 0. The van der Waals surface area contributed by atoms with Crippen molar-refractivity contribution in [3.05, 3.63) is 0 Å². The van der Waals surface area contributed by atoms with Crippen molar-refractivity contribution in [2.45, 2.75) is 0 Å². The minimum atomic E-state index is 0. The van der Waals surface area contributed by atoms with Gasteiger partial charge in [0.25, 0.3) is 0 Å². The fourth-order valence-electron chi connectivity index (χ4n) is 0. The fourth-order valence-corrected chi connectivity index (χ4v) is 0. The van der Waals surface area contributed by atoms with Crippen molar-refractivity contribution in [2.24, 2.45) is 0 Å². The third-order valence-electron chi connectivity index (χ3n) is 0. The summed E-state index contributed by atoms with van der Waals surface area (Å²) in [6.07, 6.45) is 0. The van der Waals surface area contributed by atoms with Gasteiger partial charge in [-0.1, -0.05) is 0 Å². The van der Waals surface area contributed by atoms with E-state index in [4.69, 9.17) is 0 Å². The van der Waals surface area contributed by atoms with Gasteiger partial charge in [0.1, 0.15) is 0 Å². The summed E-state index contributed by atoms with van der Waals surface area (Å²) in [5, 5.41) is 0. The van der Waals surface area contributed by atoms with Crippen LogP contribution in [0, 0.1) is 0 Å². The van der Waals surface area contributed by atoms with Gasteiger partial charge in [0.15, 0.2) is 0 Å². The van der Waals surface area contributed by atoms with E-state index < -0.39 is 0 Å². The van der Waals surface area contributed by atoms with E-state index in [0.717, 1.165) is 0 Å². The largest absolute Gasteiger partial charge is 0.197 e. The van der Waals surface area contributed by atoms with Crippen LogP contribution < -0.4 is 0 Å². The number of hydrogen-bond donors (Lipinski definition) is 0. The molecule has 0 heterocycles. The molecule has 0 unspecified atom stereocenters. The molecule has 0 atom stereocenters. The minimum absolute atomic E-state index is 0. The van der Waals surface area contributed by atoms with Crippen LogP contribution in [0.5, 0.6) is 0 Å². The van der Waals surface area contributed by atoms with E-state index >= 15 is 0 Å². The molecule has 33 valence electrons. The van der Waals surface area contributed by atoms with Gasteiger partial charge in [-0.2, -0.15) is 54.0 Å². The van der Waals surface area contributed by atoms with Crippen LogP contribution in [0.2, 0.25) is 0 Å². The Hall–Kier alpha value is 2.40. The molecule has 0 aromatic carbocycles. The van der Waals surface area contributed by atoms with Crippen molar-refractivity contribution in [3.63, 3.8) is 0 Å². The Labute approximate surface area is 82.6 Å². The Morgan fingerprint density at radius 3 is 0.400 bits per heavy atom. The minimum Gasteiger partial charge on any atom is -0.197 e. The molecule has 0 spiro atoms. The zero-order chi connectivity index (χ0) is 0. The second kappa shape index (κ2) is 32.4. The average molecular weight is 159 g/mol. The Kier molecular flexibility index (Phi) is 341. The Morgan fingerprint density at radius 2 is 0.400 bits per heavy atom. The molecule has 0 nitrogen and oxygen atoms in total. The third-order valence-corrected chi connectivity index (χ3v) is 0. The molecule has 0 saturated heterocycles. The maximum atomic E-state index is 0. The molecule has 0 rings (SSSR count). The monoisotopic (exact) mass is 159 g/mol. The SMILES string of the molecule is S.S.S.S.[Na]. The molecule has 0 saturated carbocycles. The van der Waals surface area contributed by atoms with Crippen LogP contribution in [0.1, 0.15) is 0 Å². The topological polar surface area (TPSA) is 0 Å². The van der Waals surface area contributed by atoms with Gasteiger partial charge in [0.2, 0.25) is 0 Å². The van der Waals surface area contributed by atoms with Crippen molar-refractivity contribution in [3.8, 4) is 0 Å². The summed E-state index contributed by atoms with van der Waals surface area (Å²) in [6.45, 7) is 0. The van der Waals surface area contributed by atoms with Gasteiger partial charge < -0.3 is 0 Å². The Balaban J connectivity index is 0. The summed E-state index contributed by atoms with van der Waals surface area (Å²) in [5.41, 5.74) is 0. The summed E-state index contributed by atoms with van der Waals surface area (Å²) < 4.78 is 0. The van der Waals surface area contributed by atoms with Crippen molar-refractivity contribution in [1.29, 1.82) is 0 Å². The molecule has 0 bridgehead atoms. The molecule has 0 aromatic rings. The van der Waals surface area contributed by atoms with Gasteiger partial charge in [0.05, 0.1) is 0 Å². The smallest absolute Gasteiger partial charge is 0 e. The summed E-state index contributed by atoms with van der Waals surface area (Å²) in [6, 6.07) is 0. The summed E-state index contributed by atoms with van der Waals surface area (Å²) >= 11 is 0. The Bertz CT molecular complexity index is 3.61. The van der Waals surface area contributed by atoms with Crippen LogP contribution in [-0.2, 0) is 0 Å². The van der Waals surface area contributed by atoms with Gasteiger partial charge >= 0.3 is 0 Å². The van der Waals surface area contributed by atoms with Gasteiger partial charge in [-0.15, -0.1) is 0 Å². The fraction of sp³-hybridized carbons (Fsp3) is 0. The van der Waals surface area contributed by atoms with Gasteiger partial charge in [-0.05, 0) is 0 Å². The zero-order valence-corrected chi connectivity index (χ0v) is 9.00. The second-order valence-corrected chi connectivity index (χ2v) is 0. The quantitative estimate of drug-likeness (QED) is 0.439. The van der Waals surface area contributed by atoms with E-state index in [1.54, 1.807) is 0 Å². The normalized spacial score (nSPS) is 0. The molecule has 5 heavy (non-hydrogen) atoms. The molecule has 0 fully saturated rings. The molecule has 0 aliphatic rings. The van der Waals surface area contributed by atoms with E-state index in [-0.39, 0.29) is 83.5 Å². The molecule has 0 N–H and O–H groups in total. The first-order chi connectivity index (χ1) is 0. The van der Waals surface area contributed by atoms with Gasteiger partial charge in [-0.25, -0.2) is 0 Å². The predicted octanol–water partition coefficient (Wildman–Crippen LogP) is 0.0704. The molecule has 1 radical (unpaired) electrons. The number of hydrogen-bond acceptors (Lipinski definition) is 0. The Morgan fingerprint density at radius 1 is 0.400 bits per heavy atom. The molecule has 5 heteroatoms. The molecule has 0 aliphatic heterocycles. The van der Waals surface area contributed by atoms with E-state index in [1.807, 2.05) is 0 Å². The zero-order valence-electron chi connectivity index (χ0n) is 3.00. The molecule has 0 amide bonds. The van der Waals surface area contributed by atoms with Crippen LogP contribution in [-0.4, -0.2) is 29.6 Å². The first-order valence-electron chi connectivity index (χ1n) is 0. The third kappa shape index (κ3) is 21.5. The maximum absolute atomic E-state index is 0. The second-order valence-electron chi connectivity index (χ2n) is 0. The van der Waals surface area contributed by atoms with Crippen molar-refractivity contribution < 1.29 is 0 Å². The van der Waals surface area contributed by atoms with Crippen molar-refractivity contribution >= 4 is 83.5 Å². The van der Waals surface area contributed by atoms with Crippen molar-refractivity contribution in [1.82, 2.24) is 0 Å². The van der Waals surface area contributed by atoms with Gasteiger partial charge in [0, 0.05) is 29.6 Å². The van der Waals surface area contributed by atoms with Crippen LogP contribution in [0.15, 0.2) is 0 Å². The first-order valence-corrected chi connectivity index (χ1v) is 0. The van der Waals surface area contributed by atoms with E-state index in [0.29, 0.717) is 0 Å². The van der Waals surface area contributed by atoms with E-state index in [1.165, 1.54) is 0 Å². The summed E-state index contributed by atoms with van der Waals surface area (Å²) in [5.74, 6) is 0. The molecular formula is H8NaS4. The van der Waals surface area contributed by atoms with Gasteiger partial charge in [-0.3, -0.25) is 0 Å². The van der Waals surface area contributed by atoms with E-state index in [2.05, 4.69) is 0 Å². The molecule has 0 aromatic heterocycles. The van der Waals surface area contributed by atoms with Crippen molar-refractivity contribution in [2.75, 3.05) is 0 Å². The van der Waals surface area contributed by atoms with Crippen LogP contribution in [0.3, 0.4) is 0 Å². The predicted molar refractivity (Wildman–Crippen MR) is 47.3 cm³/mol. The van der Waals surface area contributed by atoms with E-state index in [9.17, 15) is 0 Å². The molecule has 0 aliphatic carbocycles. The average Bonchev–Trinajstić information content (AvgIpc) is 0. The number of rotatable bonds is 0. The van der Waals surface area contributed by atoms with Crippen LogP contribution in [0.4, 0.5) is 0 Å². The van der Waals surface area contributed by atoms with Crippen LogP contribution >= 0.6 is 54.0 Å². The standard InChI is InChI=1S/Na.4H2S/h;4*1H2. The maximum Gasteiger partial charge on any atom is 0 e. The summed E-state index contributed by atoms with van der Waals surface area (Å²) in [7, 11) is 0.